The summed E-state index contributed by atoms with van der Waals surface area (Å²) in [6, 6.07) is 1.45. The van der Waals surface area contributed by atoms with E-state index in [-0.39, 0.29) is 16.8 Å². The van der Waals surface area contributed by atoms with Crippen molar-refractivity contribution in [3.8, 4) is 0 Å². The van der Waals surface area contributed by atoms with Crippen LogP contribution < -0.4 is 0 Å². The largest absolute Gasteiger partial charge is 0.349 e. The standard InChI is InChI=1S/C13H21ClN2O2/c1-3-4-5-6-7-8-9-16(2)13(17)11-10-12(14)15-18-11/h10H,3-9H2,1-2H3. The van der Waals surface area contributed by atoms with Gasteiger partial charge in [-0.3, -0.25) is 4.79 Å². The minimum Gasteiger partial charge on any atom is -0.349 e. The van der Waals surface area contributed by atoms with Gasteiger partial charge in [0.25, 0.3) is 5.91 Å². The molecule has 1 aromatic rings. The minimum atomic E-state index is -0.164. The van der Waals surface area contributed by atoms with Gasteiger partial charge in [0.15, 0.2) is 5.15 Å². The summed E-state index contributed by atoms with van der Waals surface area (Å²) >= 11 is 5.61. The number of hydrogen-bond acceptors (Lipinski definition) is 3. The smallest absolute Gasteiger partial charge is 0.292 e. The number of carbonyl (C=O) groups excluding carboxylic acids is 1. The molecule has 1 heterocycles. The molecule has 1 rings (SSSR count). The second-order valence-corrected chi connectivity index (χ2v) is 4.90. The number of hydrogen-bond donors (Lipinski definition) is 0. The summed E-state index contributed by atoms with van der Waals surface area (Å²) in [5.74, 6) is 0.0384. The van der Waals surface area contributed by atoms with Gasteiger partial charge in [0.05, 0.1) is 0 Å². The predicted octanol–water partition coefficient (Wildman–Crippen LogP) is 3.76. The summed E-state index contributed by atoms with van der Waals surface area (Å²) in [6.45, 7) is 2.94. The van der Waals surface area contributed by atoms with Gasteiger partial charge in [-0.25, -0.2) is 0 Å². The third-order valence-electron chi connectivity index (χ3n) is 2.89. The molecular weight excluding hydrogens is 252 g/mol. The van der Waals surface area contributed by atoms with Crippen molar-refractivity contribution in [2.75, 3.05) is 13.6 Å². The average molecular weight is 273 g/mol. The van der Waals surface area contributed by atoms with Gasteiger partial charge in [-0.2, -0.15) is 0 Å². The maximum absolute atomic E-state index is 11.9. The van der Waals surface area contributed by atoms with E-state index in [1.807, 2.05) is 0 Å². The lowest BCUT2D eigenvalue weighted by Gasteiger charge is -2.14. The Morgan fingerprint density at radius 1 is 1.33 bits per heavy atom. The Labute approximate surface area is 113 Å². The molecule has 0 saturated heterocycles. The second kappa shape index (κ2) is 8.14. The zero-order valence-electron chi connectivity index (χ0n) is 11.1. The molecule has 0 aliphatic heterocycles. The van der Waals surface area contributed by atoms with Crippen LogP contribution >= 0.6 is 11.6 Å². The minimum absolute atomic E-state index is 0.164. The zero-order valence-corrected chi connectivity index (χ0v) is 11.9. The fourth-order valence-corrected chi connectivity index (χ4v) is 1.91. The summed E-state index contributed by atoms with van der Waals surface area (Å²) in [5.41, 5.74) is 0. The van der Waals surface area contributed by atoms with E-state index in [0.29, 0.717) is 0 Å². The number of rotatable bonds is 8. The molecule has 0 N–H and O–H groups in total. The van der Waals surface area contributed by atoms with Crippen LogP contribution in [0.25, 0.3) is 0 Å². The van der Waals surface area contributed by atoms with Crippen molar-refractivity contribution < 1.29 is 9.32 Å². The SMILES string of the molecule is CCCCCCCCN(C)C(=O)c1cc(Cl)no1. The summed E-state index contributed by atoms with van der Waals surface area (Å²) in [6.07, 6.45) is 7.26. The molecule has 5 heteroatoms. The lowest BCUT2D eigenvalue weighted by Crippen LogP contribution is -2.27. The van der Waals surface area contributed by atoms with Gasteiger partial charge >= 0.3 is 0 Å². The molecule has 0 aromatic carbocycles. The van der Waals surface area contributed by atoms with Crippen molar-refractivity contribution >= 4 is 17.5 Å². The third kappa shape index (κ3) is 5.08. The number of amides is 1. The Morgan fingerprint density at radius 3 is 2.61 bits per heavy atom. The molecule has 0 aliphatic carbocycles. The molecule has 1 amide bonds. The first kappa shape index (κ1) is 15.0. The Bertz CT molecular complexity index is 366. The molecule has 0 bridgehead atoms. The van der Waals surface area contributed by atoms with Gasteiger partial charge in [-0.05, 0) is 6.42 Å². The van der Waals surface area contributed by atoms with Gasteiger partial charge < -0.3 is 9.42 Å². The van der Waals surface area contributed by atoms with E-state index in [2.05, 4.69) is 12.1 Å². The highest BCUT2D eigenvalue weighted by Gasteiger charge is 2.16. The van der Waals surface area contributed by atoms with Gasteiger partial charge in [-0.15, -0.1) is 0 Å². The van der Waals surface area contributed by atoms with Crippen LogP contribution in [0.4, 0.5) is 0 Å². The molecule has 0 unspecified atom stereocenters. The number of unbranched alkanes of at least 4 members (excludes halogenated alkanes) is 5. The van der Waals surface area contributed by atoms with Crippen molar-refractivity contribution in [1.29, 1.82) is 0 Å². The summed E-state index contributed by atoms with van der Waals surface area (Å²) < 4.78 is 4.83. The number of aromatic nitrogens is 1. The molecule has 18 heavy (non-hydrogen) atoms. The van der Waals surface area contributed by atoms with E-state index >= 15 is 0 Å². The van der Waals surface area contributed by atoms with Crippen molar-refractivity contribution in [3.05, 3.63) is 17.0 Å². The molecule has 0 radical (unpaired) electrons. The molecule has 102 valence electrons. The Hall–Kier alpha value is -1.03. The summed E-state index contributed by atoms with van der Waals surface area (Å²) in [4.78, 5) is 13.5. The van der Waals surface area contributed by atoms with Crippen LogP contribution in [0.5, 0.6) is 0 Å². The fourth-order valence-electron chi connectivity index (χ4n) is 1.77. The topological polar surface area (TPSA) is 46.3 Å². The Balaban J connectivity index is 2.20. The van der Waals surface area contributed by atoms with Crippen molar-refractivity contribution in [2.45, 2.75) is 45.4 Å². The first-order valence-electron chi connectivity index (χ1n) is 6.52. The van der Waals surface area contributed by atoms with Crippen LogP contribution in [-0.4, -0.2) is 29.6 Å². The molecule has 4 nitrogen and oxygen atoms in total. The average Bonchev–Trinajstić information content (AvgIpc) is 2.79. The summed E-state index contributed by atoms with van der Waals surface area (Å²) in [7, 11) is 1.77. The predicted molar refractivity (Wildman–Crippen MR) is 71.8 cm³/mol. The van der Waals surface area contributed by atoms with Crippen molar-refractivity contribution in [3.63, 3.8) is 0 Å². The molecular formula is C13H21ClN2O2. The quantitative estimate of drug-likeness (QED) is 0.677. The first-order chi connectivity index (χ1) is 8.65. The van der Waals surface area contributed by atoms with Crippen LogP contribution in [0.2, 0.25) is 5.15 Å². The van der Waals surface area contributed by atoms with Gasteiger partial charge in [0.1, 0.15) is 0 Å². The van der Waals surface area contributed by atoms with E-state index in [0.717, 1.165) is 19.4 Å². The van der Waals surface area contributed by atoms with Crippen LogP contribution in [0.3, 0.4) is 0 Å². The highest BCUT2D eigenvalue weighted by atomic mass is 35.5. The highest BCUT2D eigenvalue weighted by Crippen LogP contribution is 2.11. The van der Waals surface area contributed by atoms with E-state index in [4.69, 9.17) is 16.1 Å². The molecule has 0 atom stereocenters. The molecule has 0 spiro atoms. The van der Waals surface area contributed by atoms with Crippen LogP contribution in [0, 0.1) is 0 Å². The fraction of sp³-hybridized carbons (Fsp3) is 0.692. The van der Waals surface area contributed by atoms with E-state index in [1.54, 1.807) is 11.9 Å². The maximum atomic E-state index is 11.9. The van der Waals surface area contributed by atoms with E-state index in [9.17, 15) is 4.79 Å². The summed E-state index contributed by atoms with van der Waals surface area (Å²) in [5, 5.41) is 3.71. The van der Waals surface area contributed by atoms with Gasteiger partial charge in [0, 0.05) is 19.7 Å². The molecule has 0 saturated carbocycles. The molecule has 0 fully saturated rings. The number of halogens is 1. The van der Waals surface area contributed by atoms with Crippen LogP contribution in [0.15, 0.2) is 10.6 Å². The number of carbonyl (C=O) groups is 1. The monoisotopic (exact) mass is 272 g/mol. The zero-order chi connectivity index (χ0) is 13.4. The third-order valence-corrected chi connectivity index (χ3v) is 3.06. The lowest BCUT2D eigenvalue weighted by atomic mass is 10.1. The maximum Gasteiger partial charge on any atom is 0.292 e. The number of nitrogens with zero attached hydrogens (tertiary/aromatic N) is 2. The van der Waals surface area contributed by atoms with Gasteiger partial charge in [0.2, 0.25) is 5.76 Å². The highest BCUT2D eigenvalue weighted by molar-refractivity contribution is 6.29. The first-order valence-corrected chi connectivity index (χ1v) is 6.90. The van der Waals surface area contributed by atoms with Crippen molar-refractivity contribution in [2.24, 2.45) is 0 Å². The van der Waals surface area contributed by atoms with E-state index < -0.39 is 0 Å². The Morgan fingerprint density at radius 2 is 2.00 bits per heavy atom. The molecule has 0 aliphatic rings. The molecule has 1 aromatic heterocycles. The van der Waals surface area contributed by atoms with Gasteiger partial charge in [-0.1, -0.05) is 55.8 Å². The van der Waals surface area contributed by atoms with Crippen LogP contribution in [-0.2, 0) is 0 Å². The normalized spacial score (nSPS) is 10.6. The Kier molecular flexibility index (Phi) is 6.80. The lowest BCUT2D eigenvalue weighted by molar-refractivity contribution is 0.0751. The van der Waals surface area contributed by atoms with Crippen molar-refractivity contribution in [1.82, 2.24) is 10.1 Å². The van der Waals surface area contributed by atoms with Crippen LogP contribution in [0.1, 0.15) is 56.0 Å². The second-order valence-electron chi connectivity index (χ2n) is 4.51. The van der Waals surface area contributed by atoms with E-state index in [1.165, 1.54) is 31.7 Å².